The Labute approximate surface area is 180 Å². The van der Waals surface area contributed by atoms with Crippen LogP contribution in [0.15, 0.2) is 96.1 Å². The van der Waals surface area contributed by atoms with E-state index in [1.54, 1.807) is 6.08 Å². The summed E-state index contributed by atoms with van der Waals surface area (Å²) in [4.78, 5) is 38.7. The molecule has 0 radical (unpaired) electrons. The Hall–Kier alpha value is -4.19. The van der Waals surface area contributed by atoms with Crippen molar-refractivity contribution in [3.63, 3.8) is 0 Å². The summed E-state index contributed by atoms with van der Waals surface area (Å²) in [6.45, 7) is 0. The van der Waals surface area contributed by atoms with Gasteiger partial charge in [-0.15, -0.1) is 0 Å². The maximum atomic E-state index is 12.4. The predicted molar refractivity (Wildman–Crippen MR) is 117 cm³/mol. The number of benzene rings is 2. The Morgan fingerprint density at radius 1 is 0.677 bits per heavy atom. The molecule has 0 unspecified atom stereocenters. The van der Waals surface area contributed by atoms with Gasteiger partial charge < -0.3 is 4.74 Å². The van der Waals surface area contributed by atoms with Gasteiger partial charge in [-0.2, -0.15) is 0 Å². The van der Waals surface area contributed by atoms with Crippen LogP contribution in [0.25, 0.3) is 11.5 Å². The van der Waals surface area contributed by atoms with Gasteiger partial charge in [0.1, 0.15) is 17.1 Å². The molecular weight excluding hydrogens is 392 g/mol. The van der Waals surface area contributed by atoms with Gasteiger partial charge in [-0.05, 0) is 23.8 Å². The van der Waals surface area contributed by atoms with Crippen molar-refractivity contribution < 1.29 is 19.1 Å². The van der Waals surface area contributed by atoms with E-state index in [-0.39, 0.29) is 5.57 Å². The molecule has 0 saturated carbocycles. The Bertz CT molecular complexity index is 1090. The van der Waals surface area contributed by atoms with E-state index in [0.29, 0.717) is 11.5 Å². The van der Waals surface area contributed by atoms with Crippen molar-refractivity contribution >= 4 is 29.4 Å². The first kappa shape index (κ1) is 20.1. The molecule has 2 aliphatic heterocycles. The third kappa shape index (κ3) is 3.96. The molecule has 0 bridgehead atoms. The van der Waals surface area contributed by atoms with Crippen molar-refractivity contribution in [2.45, 2.75) is 0 Å². The number of nitrogens with zero attached hydrogens (tertiary/aromatic N) is 2. The number of amides is 4. The minimum Gasteiger partial charge on any atom is -0.456 e. The zero-order chi connectivity index (χ0) is 22.0. The van der Waals surface area contributed by atoms with Crippen molar-refractivity contribution in [1.29, 1.82) is 0 Å². The largest absolute Gasteiger partial charge is 0.456 e. The topological polar surface area (TPSA) is 66.9 Å². The van der Waals surface area contributed by atoms with Crippen LogP contribution >= 0.6 is 0 Å². The number of likely N-dealkylation sites (N-methyl/N-ethyl adjacent to an activating group) is 2. The normalized spacial score (nSPS) is 16.6. The molecule has 6 heteroatoms. The molecule has 31 heavy (non-hydrogen) atoms. The average Bonchev–Trinajstić information content (AvgIpc) is 2.82. The lowest BCUT2D eigenvalue weighted by Gasteiger charge is -2.28. The minimum absolute atomic E-state index is 0.0760. The van der Waals surface area contributed by atoms with Gasteiger partial charge in [0.05, 0.1) is 0 Å². The molecule has 1 saturated heterocycles. The number of carbonyl (C=O) groups is 3. The first-order valence-electron chi connectivity index (χ1n) is 9.70. The fraction of sp³-hybridized carbons (Fsp3) is 0.0800. The monoisotopic (exact) mass is 412 g/mol. The van der Waals surface area contributed by atoms with Crippen LogP contribution < -0.4 is 0 Å². The Kier molecular flexibility index (Phi) is 5.37. The van der Waals surface area contributed by atoms with Gasteiger partial charge in [0.2, 0.25) is 0 Å². The van der Waals surface area contributed by atoms with E-state index in [0.717, 1.165) is 26.5 Å². The molecule has 2 heterocycles. The van der Waals surface area contributed by atoms with E-state index in [9.17, 15) is 14.4 Å². The SMILES string of the molecule is CN1C(=O)C(=CC=C2C=C(c3ccccc3)OC(c3ccccc3)=C2)C(=O)N(C)C1=O. The summed E-state index contributed by atoms with van der Waals surface area (Å²) < 4.78 is 6.14. The molecule has 0 aromatic heterocycles. The van der Waals surface area contributed by atoms with Crippen molar-refractivity contribution in [3.8, 4) is 0 Å². The quantitative estimate of drug-likeness (QED) is 0.565. The van der Waals surface area contributed by atoms with Crippen LogP contribution in [0.4, 0.5) is 4.79 Å². The van der Waals surface area contributed by atoms with Crippen LogP contribution in [-0.4, -0.2) is 41.7 Å². The van der Waals surface area contributed by atoms with Gasteiger partial charge >= 0.3 is 6.03 Å². The van der Waals surface area contributed by atoms with E-state index in [1.807, 2.05) is 72.8 Å². The van der Waals surface area contributed by atoms with E-state index >= 15 is 0 Å². The van der Waals surface area contributed by atoms with Crippen molar-refractivity contribution in [3.05, 3.63) is 107 Å². The summed E-state index contributed by atoms with van der Waals surface area (Å²) >= 11 is 0. The lowest BCUT2D eigenvalue weighted by Crippen LogP contribution is -2.52. The van der Waals surface area contributed by atoms with E-state index in [2.05, 4.69) is 0 Å². The zero-order valence-corrected chi connectivity index (χ0v) is 17.1. The number of rotatable bonds is 3. The third-order valence-electron chi connectivity index (χ3n) is 5.02. The molecule has 2 aliphatic rings. The summed E-state index contributed by atoms with van der Waals surface area (Å²) in [5, 5.41) is 0. The number of hydrogen-bond donors (Lipinski definition) is 0. The Morgan fingerprint density at radius 3 is 1.58 bits per heavy atom. The third-order valence-corrected chi connectivity index (χ3v) is 5.02. The number of ether oxygens (including phenoxy) is 1. The highest BCUT2D eigenvalue weighted by molar-refractivity contribution is 6.28. The van der Waals surface area contributed by atoms with Gasteiger partial charge in [-0.25, -0.2) is 4.79 Å². The fourth-order valence-corrected chi connectivity index (χ4v) is 3.28. The summed E-state index contributed by atoms with van der Waals surface area (Å²) in [5.74, 6) is 0.0442. The molecule has 0 atom stereocenters. The second-order valence-electron chi connectivity index (χ2n) is 7.11. The first-order chi connectivity index (χ1) is 15.0. The molecule has 2 aromatic carbocycles. The molecule has 6 nitrogen and oxygen atoms in total. The van der Waals surface area contributed by atoms with Gasteiger partial charge in [-0.3, -0.25) is 19.4 Å². The van der Waals surface area contributed by atoms with Crippen molar-refractivity contribution in [1.82, 2.24) is 9.80 Å². The highest BCUT2D eigenvalue weighted by Gasteiger charge is 2.37. The zero-order valence-electron chi connectivity index (χ0n) is 17.1. The summed E-state index contributed by atoms with van der Waals surface area (Å²) in [6, 6.07) is 18.7. The molecule has 2 aromatic rings. The average molecular weight is 412 g/mol. The van der Waals surface area contributed by atoms with Crippen LogP contribution in [0.1, 0.15) is 11.1 Å². The highest BCUT2D eigenvalue weighted by atomic mass is 16.5. The number of imide groups is 2. The minimum atomic E-state index is -0.650. The maximum Gasteiger partial charge on any atom is 0.333 e. The molecule has 0 spiro atoms. The molecule has 154 valence electrons. The lowest BCUT2D eigenvalue weighted by molar-refractivity contribution is -0.134. The van der Waals surface area contributed by atoms with Gasteiger partial charge in [-0.1, -0.05) is 66.7 Å². The molecule has 4 rings (SSSR count). The standard InChI is InChI=1S/C25H20N2O4/c1-26-23(28)20(24(29)27(2)25(26)30)14-13-17-15-21(18-9-5-3-6-10-18)31-22(16-17)19-11-7-4-8-12-19/h3-16H,1-2H3. The second kappa shape index (κ2) is 8.28. The van der Waals surface area contributed by atoms with Gasteiger partial charge in [0.25, 0.3) is 11.8 Å². The molecule has 4 amide bonds. The number of barbiturate groups is 1. The molecule has 0 N–H and O–H groups in total. The fourth-order valence-electron chi connectivity index (χ4n) is 3.28. The number of allylic oxidation sites excluding steroid dienone is 5. The van der Waals surface area contributed by atoms with Crippen molar-refractivity contribution in [2.75, 3.05) is 14.1 Å². The molecule has 0 aliphatic carbocycles. The summed E-state index contributed by atoms with van der Waals surface area (Å²) in [7, 11) is 2.70. The number of hydrogen-bond acceptors (Lipinski definition) is 4. The molecule has 1 fully saturated rings. The van der Waals surface area contributed by atoms with Gasteiger partial charge in [0.15, 0.2) is 0 Å². The lowest BCUT2D eigenvalue weighted by atomic mass is 10.0. The van der Waals surface area contributed by atoms with E-state index in [1.165, 1.54) is 20.2 Å². The van der Waals surface area contributed by atoms with E-state index in [4.69, 9.17) is 4.74 Å². The van der Waals surface area contributed by atoms with Crippen LogP contribution in [0.5, 0.6) is 0 Å². The van der Waals surface area contributed by atoms with Crippen LogP contribution in [0, 0.1) is 0 Å². The number of urea groups is 1. The highest BCUT2D eigenvalue weighted by Crippen LogP contribution is 2.32. The van der Waals surface area contributed by atoms with Gasteiger partial charge in [0, 0.05) is 25.2 Å². The maximum absolute atomic E-state index is 12.4. The van der Waals surface area contributed by atoms with Crippen LogP contribution in [-0.2, 0) is 14.3 Å². The van der Waals surface area contributed by atoms with E-state index < -0.39 is 17.8 Å². The summed E-state index contributed by atoms with van der Waals surface area (Å²) in [6.07, 6.45) is 6.81. The van der Waals surface area contributed by atoms with Crippen LogP contribution in [0.3, 0.4) is 0 Å². The Balaban J connectivity index is 1.76. The summed E-state index contributed by atoms with van der Waals surface area (Å²) in [5.41, 5.74) is 2.47. The number of carbonyl (C=O) groups excluding carboxylic acids is 3. The smallest absolute Gasteiger partial charge is 0.333 e. The Morgan fingerprint density at radius 2 is 1.13 bits per heavy atom. The first-order valence-corrected chi connectivity index (χ1v) is 9.70. The molecular formula is C25H20N2O4. The predicted octanol–water partition coefficient (Wildman–Crippen LogP) is 4.00. The second-order valence-corrected chi connectivity index (χ2v) is 7.11. The van der Waals surface area contributed by atoms with Crippen molar-refractivity contribution in [2.24, 2.45) is 0 Å². The van der Waals surface area contributed by atoms with Crippen LogP contribution in [0.2, 0.25) is 0 Å².